The Hall–Kier alpha value is -1.91. The van der Waals surface area contributed by atoms with E-state index < -0.39 is 11.9 Å². The number of hydrogen-bond donors (Lipinski definition) is 1. The van der Waals surface area contributed by atoms with Crippen LogP contribution in [0.2, 0.25) is 0 Å². The van der Waals surface area contributed by atoms with E-state index >= 15 is 0 Å². The van der Waals surface area contributed by atoms with Gasteiger partial charge in [0.25, 0.3) is 0 Å². The van der Waals surface area contributed by atoms with E-state index in [1.54, 1.807) is 12.4 Å². The van der Waals surface area contributed by atoms with E-state index in [0.29, 0.717) is 6.54 Å². The molecule has 5 nitrogen and oxygen atoms in total. The van der Waals surface area contributed by atoms with E-state index in [1.165, 1.54) is 7.11 Å². The molecule has 98 valence electrons. The highest BCUT2D eigenvalue weighted by molar-refractivity contribution is 5.97. The molecule has 0 aliphatic rings. The fourth-order valence-electron chi connectivity index (χ4n) is 1.61. The van der Waals surface area contributed by atoms with Crippen LogP contribution in [-0.4, -0.2) is 24.0 Å². The summed E-state index contributed by atoms with van der Waals surface area (Å²) in [5.41, 5.74) is 0.936. The van der Waals surface area contributed by atoms with Crippen molar-refractivity contribution in [3.63, 3.8) is 0 Å². The highest BCUT2D eigenvalue weighted by Crippen LogP contribution is 2.13. The number of rotatable bonds is 5. The van der Waals surface area contributed by atoms with Crippen molar-refractivity contribution in [3.8, 4) is 0 Å². The van der Waals surface area contributed by atoms with Gasteiger partial charge in [0, 0.05) is 18.9 Å². The van der Waals surface area contributed by atoms with Crippen LogP contribution in [0.25, 0.3) is 0 Å². The fraction of sp³-hybridized carbons (Fsp3) is 0.462. The first kappa shape index (κ1) is 14.2. The van der Waals surface area contributed by atoms with Crippen LogP contribution in [0.4, 0.5) is 0 Å². The second kappa shape index (κ2) is 6.74. The van der Waals surface area contributed by atoms with E-state index in [9.17, 15) is 9.59 Å². The SMILES string of the molecule is COC(=O)C(C(=O)NCc1ccncc1)C(C)C. The third kappa shape index (κ3) is 3.84. The minimum Gasteiger partial charge on any atom is -0.468 e. The molecule has 5 heteroatoms. The first-order valence-electron chi connectivity index (χ1n) is 5.80. The first-order valence-corrected chi connectivity index (χ1v) is 5.80. The lowest BCUT2D eigenvalue weighted by atomic mass is 9.95. The molecule has 0 fully saturated rings. The number of carbonyl (C=O) groups is 2. The zero-order chi connectivity index (χ0) is 13.5. The molecule has 1 heterocycles. The van der Waals surface area contributed by atoms with Gasteiger partial charge in [-0.1, -0.05) is 13.8 Å². The molecule has 0 bridgehead atoms. The summed E-state index contributed by atoms with van der Waals surface area (Å²) >= 11 is 0. The zero-order valence-corrected chi connectivity index (χ0v) is 10.8. The lowest BCUT2D eigenvalue weighted by molar-refractivity contribution is -0.151. The predicted molar refractivity (Wildman–Crippen MR) is 66.4 cm³/mol. The summed E-state index contributed by atoms with van der Waals surface area (Å²) in [7, 11) is 1.29. The van der Waals surface area contributed by atoms with Gasteiger partial charge < -0.3 is 10.1 Å². The third-order valence-electron chi connectivity index (χ3n) is 2.62. The van der Waals surface area contributed by atoms with E-state index in [1.807, 2.05) is 26.0 Å². The van der Waals surface area contributed by atoms with Crippen LogP contribution in [0.3, 0.4) is 0 Å². The number of pyridine rings is 1. The minimum atomic E-state index is -0.767. The molecule has 1 rings (SSSR count). The molecule has 0 aliphatic carbocycles. The minimum absolute atomic E-state index is 0.102. The molecule has 1 aromatic heterocycles. The quantitative estimate of drug-likeness (QED) is 0.628. The van der Waals surface area contributed by atoms with E-state index in [-0.39, 0.29) is 11.8 Å². The third-order valence-corrected chi connectivity index (χ3v) is 2.62. The second-order valence-electron chi connectivity index (χ2n) is 4.32. The monoisotopic (exact) mass is 250 g/mol. The topological polar surface area (TPSA) is 68.3 Å². The second-order valence-corrected chi connectivity index (χ2v) is 4.32. The van der Waals surface area contributed by atoms with Crippen molar-refractivity contribution in [3.05, 3.63) is 30.1 Å². The average molecular weight is 250 g/mol. The number of hydrogen-bond acceptors (Lipinski definition) is 4. The Morgan fingerprint density at radius 1 is 1.33 bits per heavy atom. The van der Waals surface area contributed by atoms with Crippen LogP contribution in [0.15, 0.2) is 24.5 Å². The van der Waals surface area contributed by atoms with Gasteiger partial charge in [-0.2, -0.15) is 0 Å². The highest BCUT2D eigenvalue weighted by atomic mass is 16.5. The molecule has 0 radical (unpaired) electrons. The molecule has 0 aliphatic heterocycles. The Kier molecular flexibility index (Phi) is 5.30. The standard InChI is InChI=1S/C13H18N2O3/c1-9(2)11(13(17)18-3)12(16)15-8-10-4-6-14-7-5-10/h4-7,9,11H,8H2,1-3H3,(H,15,16). The number of ether oxygens (including phenoxy) is 1. The van der Waals surface area contributed by atoms with E-state index in [0.717, 1.165) is 5.56 Å². The largest absolute Gasteiger partial charge is 0.468 e. The van der Waals surface area contributed by atoms with Crippen LogP contribution in [0, 0.1) is 11.8 Å². The van der Waals surface area contributed by atoms with Crippen LogP contribution in [0.5, 0.6) is 0 Å². The van der Waals surface area contributed by atoms with Gasteiger partial charge in [0.1, 0.15) is 5.92 Å². The number of nitrogens with zero attached hydrogens (tertiary/aromatic N) is 1. The van der Waals surface area contributed by atoms with Crippen molar-refractivity contribution in [2.75, 3.05) is 7.11 Å². The zero-order valence-electron chi connectivity index (χ0n) is 10.8. The number of carbonyl (C=O) groups excluding carboxylic acids is 2. The van der Waals surface area contributed by atoms with Crippen LogP contribution in [-0.2, 0) is 20.9 Å². The van der Waals surface area contributed by atoms with E-state index in [2.05, 4.69) is 15.0 Å². The number of nitrogens with one attached hydrogen (secondary N) is 1. The molecule has 1 atom stereocenters. The van der Waals surface area contributed by atoms with Crippen LogP contribution in [0.1, 0.15) is 19.4 Å². The number of methoxy groups -OCH3 is 1. The van der Waals surface area contributed by atoms with Crippen molar-refractivity contribution in [1.82, 2.24) is 10.3 Å². The summed E-state index contributed by atoms with van der Waals surface area (Å²) < 4.78 is 4.64. The molecule has 1 unspecified atom stereocenters. The number of esters is 1. The lowest BCUT2D eigenvalue weighted by Gasteiger charge is -2.17. The lowest BCUT2D eigenvalue weighted by Crippen LogP contribution is -2.38. The molecule has 1 N–H and O–H groups in total. The summed E-state index contributed by atoms with van der Waals surface area (Å²) in [6.45, 7) is 4.00. The smallest absolute Gasteiger partial charge is 0.318 e. The Balaban J connectivity index is 2.60. The molecule has 0 aromatic carbocycles. The van der Waals surface area contributed by atoms with Crippen molar-refractivity contribution < 1.29 is 14.3 Å². The van der Waals surface area contributed by atoms with Crippen molar-refractivity contribution in [2.24, 2.45) is 11.8 Å². The van der Waals surface area contributed by atoms with Gasteiger partial charge in [0.2, 0.25) is 5.91 Å². The van der Waals surface area contributed by atoms with Crippen molar-refractivity contribution >= 4 is 11.9 Å². The van der Waals surface area contributed by atoms with Gasteiger partial charge in [0.15, 0.2) is 0 Å². The summed E-state index contributed by atoms with van der Waals surface area (Å²) in [5, 5.41) is 2.73. The Bertz CT molecular complexity index is 404. The maximum absolute atomic E-state index is 11.9. The predicted octanol–water partition coefficient (Wildman–Crippen LogP) is 1.14. The summed E-state index contributed by atoms with van der Waals surface area (Å²) in [4.78, 5) is 27.3. The van der Waals surface area contributed by atoms with Crippen LogP contribution < -0.4 is 5.32 Å². The van der Waals surface area contributed by atoms with Gasteiger partial charge in [-0.15, -0.1) is 0 Å². The first-order chi connectivity index (χ1) is 8.56. The molecule has 18 heavy (non-hydrogen) atoms. The number of aromatic nitrogens is 1. The molecular weight excluding hydrogens is 232 g/mol. The van der Waals surface area contributed by atoms with Gasteiger partial charge in [-0.3, -0.25) is 14.6 Å². The maximum atomic E-state index is 11.9. The molecule has 0 spiro atoms. The van der Waals surface area contributed by atoms with Crippen molar-refractivity contribution in [2.45, 2.75) is 20.4 Å². The average Bonchev–Trinajstić information content (AvgIpc) is 2.37. The van der Waals surface area contributed by atoms with Gasteiger partial charge in [-0.25, -0.2) is 0 Å². The van der Waals surface area contributed by atoms with E-state index in [4.69, 9.17) is 0 Å². The Morgan fingerprint density at radius 3 is 2.44 bits per heavy atom. The van der Waals surface area contributed by atoms with Gasteiger partial charge in [-0.05, 0) is 23.6 Å². The summed E-state index contributed by atoms with van der Waals surface area (Å²) in [6.07, 6.45) is 3.31. The summed E-state index contributed by atoms with van der Waals surface area (Å²) in [5.74, 6) is -1.68. The van der Waals surface area contributed by atoms with Crippen molar-refractivity contribution in [1.29, 1.82) is 0 Å². The normalized spacial score (nSPS) is 12.0. The highest BCUT2D eigenvalue weighted by Gasteiger charge is 2.30. The Morgan fingerprint density at radius 2 is 1.94 bits per heavy atom. The van der Waals surface area contributed by atoms with Crippen LogP contribution >= 0.6 is 0 Å². The molecule has 1 amide bonds. The summed E-state index contributed by atoms with van der Waals surface area (Å²) in [6, 6.07) is 3.62. The Labute approximate surface area is 107 Å². The van der Waals surface area contributed by atoms with Gasteiger partial charge in [0.05, 0.1) is 7.11 Å². The molecule has 0 saturated carbocycles. The maximum Gasteiger partial charge on any atom is 0.318 e. The molecular formula is C13H18N2O3. The number of amides is 1. The molecule has 1 aromatic rings. The van der Waals surface area contributed by atoms with Gasteiger partial charge >= 0.3 is 5.97 Å². The molecule has 0 saturated heterocycles. The fourth-order valence-corrected chi connectivity index (χ4v) is 1.61.